The lowest BCUT2D eigenvalue weighted by Gasteiger charge is -2.40. The molecule has 4 heteroatoms. The van der Waals surface area contributed by atoms with Crippen molar-refractivity contribution < 1.29 is 4.79 Å². The predicted molar refractivity (Wildman–Crippen MR) is 111 cm³/mol. The summed E-state index contributed by atoms with van der Waals surface area (Å²) < 4.78 is 0. The van der Waals surface area contributed by atoms with Crippen LogP contribution in [0.4, 0.5) is 0 Å². The number of nitrogens with zero attached hydrogens (tertiary/aromatic N) is 2. The lowest BCUT2D eigenvalue weighted by atomic mass is 9.98. The summed E-state index contributed by atoms with van der Waals surface area (Å²) in [5.41, 5.74) is 2.33. The molecule has 0 atom stereocenters. The first-order valence-corrected chi connectivity index (χ1v) is 10.7. The van der Waals surface area contributed by atoms with Gasteiger partial charge < -0.3 is 4.90 Å². The molecule has 3 nitrogen and oxygen atoms in total. The number of hydrogen-bond acceptors (Lipinski definition) is 3. The summed E-state index contributed by atoms with van der Waals surface area (Å²) >= 11 is 1.90. The van der Waals surface area contributed by atoms with E-state index in [4.69, 9.17) is 0 Å². The highest BCUT2D eigenvalue weighted by molar-refractivity contribution is 7.10. The van der Waals surface area contributed by atoms with Gasteiger partial charge in [-0.1, -0.05) is 30.3 Å². The van der Waals surface area contributed by atoms with Gasteiger partial charge in [0.1, 0.15) is 0 Å². The standard InChI is InChI=1S/C23H24N2OS/c26-23(19-6-5-17-3-1-2-4-18(17)15-19)24-11-7-21(8-12-24)25-13-9-22-20(16-25)10-14-27-22/h1-6,10,14-15,21H,7-9,11-13,16H2. The summed E-state index contributed by atoms with van der Waals surface area (Å²) in [5.74, 6) is 0.179. The van der Waals surface area contributed by atoms with E-state index < -0.39 is 0 Å². The summed E-state index contributed by atoms with van der Waals surface area (Å²) in [6, 6.07) is 17.2. The highest BCUT2D eigenvalue weighted by atomic mass is 32.1. The second-order valence-electron chi connectivity index (χ2n) is 7.67. The molecule has 5 rings (SSSR count). The van der Waals surface area contributed by atoms with Crippen LogP contribution >= 0.6 is 11.3 Å². The van der Waals surface area contributed by atoms with E-state index in [0.717, 1.165) is 50.0 Å². The highest BCUT2D eigenvalue weighted by Crippen LogP contribution is 2.28. The summed E-state index contributed by atoms with van der Waals surface area (Å²) in [4.78, 5) is 19.2. The molecule has 0 N–H and O–H groups in total. The minimum Gasteiger partial charge on any atom is -0.339 e. The molecule has 2 aliphatic heterocycles. The van der Waals surface area contributed by atoms with E-state index in [1.807, 2.05) is 40.5 Å². The Hall–Kier alpha value is -2.17. The third kappa shape index (κ3) is 3.28. The molecule has 1 amide bonds. The van der Waals surface area contributed by atoms with Crippen LogP contribution in [0.25, 0.3) is 10.8 Å². The van der Waals surface area contributed by atoms with Crippen LogP contribution in [-0.2, 0) is 13.0 Å². The van der Waals surface area contributed by atoms with E-state index in [-0.39, 0.29) is 5.91 Å². The molecular weight excluding hydrogens is 352 g/mol. The Morgan fingerprint density at radius 1 is 0.963 bits per heavy atom. The maximum Gasteiger partial charge on any atom is 0.253 e. The van der Waals surface area contributed by atoms with Crippen LogP contribution in [0.15, 0.2) is 53.9 Å². The highest BCUT2D eigenvalue weighted by Gasteiger charge is 2.29. The van der Waals surface area contributed by atoms with Crippen molar-refractivity contribution in [3.05, 3.63) is 69.9 Å². The molecule has 2 aliphatic rings. The molecule has 0 spiro atoms. The van der Waals surface area contributed by atoms with E-state index in [2.05, 4.69) is 34.5 Å². The van der Waals surface area contributed by atoms with Gasteiger partial charge in [0.05, 0.1) is 0 Å². The molecule has 3 heterocycles. The quantitative estimate of drug-likeness (QED) is 0.654. The SMILES string of the molecule is O=C(c1ccc2ccccc2c1)N1CCC(N2CCc3sccc3C2)CC1. The van der Waals surface area contributed by atoms with Crippen molar-refractivity contribution >= 4 is 28.0 Å². The zero-order chi connectivity index (χ0) is 18.2. The first kappa shape index (κ1) is 17.0. The number of amides is 1. The van der Waals surface area contributed by atoms with E-state index in [9.17, 15) is 4.79 Å². The van der Waals surface area contributed by atoms with Crippen LogP contribution in [0.5, 0.6) is 0 Å². The number of piperidine rings is 1. The van der Waals surface area contributed by atoms with Crippen LogP contribution in [0.3, 0.4) is 0 Å². The lowest BCUT2D eigenvalue weighted by Crippen LogP contribution is -2.47. The number of rotatable bonds is 2. The molecule has 0 saturated carbocycles. The number of benzene rings is 2. The van der Waals surface area contributed by atoms with E-state index in [1.165, 1.54) is 17.4 Å². The van der Waals surface area contributed by atoms with Crippen LogP contribution in [-0.4, -0.2) is 41.4 Å². The fraction of sp³-hybridized carbons (Fsp3) is 0.348. The Bertz CT molecular complexity index is 971. The molecule has 1 aromatic heterocycles. The first-order valence-electron chi connectivity index (χ1n) is 9.85. The van der Waals surface area contributed by atoms with Gasteiger partial charge in [-0.3, -0.25) is 9.69 Å². The van der Waals surface area contributed by atoms with Gasteiger partial charge in [-0.05, 0) is 59.2 Å². The maximum absolute atomic E-state index is 13.0. The zero-order valence-electron chi connectivity index (χ0n) is 15.4. The normalized spacial score (nSPS) is 18.6. The molecule has 27 heavy (non-hydrogen) atoms. The topological polar surface area (TPSA) is 23.6 Å². The van der Waals surface area contributed by atoms with Crippen molar-refractivity contribution in [2.24, 2.45) is 0 Å². The Morgan fingerprint density at radius 3 is 2.63 bits per heavy atom. The molecular formula is C23H24N2OS. The largest absolute Gasteiger partial charge is 0.339 e. The molecule has 3 aromatic rings. The molecule has 0 unspecified atom stereocenters. The van der Waals surface area contributed by atoms with Gasteiger partial charge in [-0.25, -0.2) is 0 Å². The first-order chi connectivity index (χ1) is 13.3. The van der Waals surface area contributed by atoms with Crippen molar-refractivity contribution in [2.75, 3.05) is 19.6 Å². The summed E-state index contributed by atoms with van der Waals surface area (Å²) in [5, 5.41) is 4.54. The van der Waals surface area contributed by atoms with Gasteiger partial charge in [-0.2, -0.15) is 0 Å². The molecule has 0 radical (unpaired) electrons. The Balaban J connectivity index is 1.24. The van der Waals surface area contributed by atoms with Crippen molar-refractivity contribution in [3.63, 3.8) is 0 Å². The van der Waals surface area contributed by atoms with Crippen molar-refractivity contribution in [3.8, 4) is 0 Å². The molecule has 138 valence electrons. The van der Waals surface area contributed by atoms with Crippen LogP contribution in [0.2, 0.25) is 0 Å². The number of carbonyl (C=O) groups is 1. The van der Waals surface area contributed by atoms with E-state index in [0.29, 0.717) is 6.04 Å². The van der Waals surface area contributed by atoms with Crippen LogP contribution < -0.4 is 0 Å². The van der Waals surface area contributed by atoms with Gasteiger partial charge in [0.2, 0.25) is 0 Å². The summed E-state index contributed by atoms with van der Waals surface area (Å²) in [6.07, 6.45) is 3.35. The number of hydrogen-bond donors (Lipinski definition) is 0. The number of likely N-dealkylation sites (tertiary alicyclic amines) is 1. The number of thiophene rings is 1. The molecule has 1 fully saturated rings. The third-order valence-electron chi connectivity index (χ3n) is 6.10. The van der Waals surface area contributed by atoms with E-state index >= 15 is 0 Å². The smallest absolute Gasteiger partial charge is 0.253 e. The Morgan fingerprint density at radius 2 is 1.78 bits per heavy atom. The van der Waals surface area contributed by atoms with Crippen molar-refractivity contribution in [2.45, 2.75) is 31.8 Å². The fourth-order valence-corrected chi connectivity index (χ4v) is 5.41. The zero-order valence-corrected chi connectivity index (χ0v) is 16.3. The van der Waals surface area contributed by atoms with Crippen LogP contribution in [0.1, 0.15) is 33.6 Å². The van der Waals surface area contributed by atoms with Gasteiger partial charge >= 0.3 is 0 Å². The molecule has 1 saturated heterocycles. The molecule has 2 aromatic carbocycles. The summed E-state index contributed by atoms with van der Waals surface area (Å²) in [6.45, 7) is 3.98. The average Bonchev–Trinajstić information content (AvgIpc) is 3.21. The lowest BCUT2D eigenvalue weighted by molar-refractivity contribution is 0.0600. The average molecular weight is 377 g/mol. The van der Waals surface area contributed by atoms with Gasteiger partial charge in [0.25, 0.3) is 5.91 Å². The Labute approximate surface area is 164 Å². The van der Waals surface area contributed by atoms with Gasteiger partial charge in [0.15, 0.2) is 0 Å². The molecule has 0 bridgehead atoms. The maximum atomic E-state index is 13.0. The number of fused-ring (bicyclic) bond motifs is 2. The van der Waals surface area contributed by atoms with Gasteiger partial charge in [0, 0.05) is 42.7 Å². The Kier molecular flexibility index (Phi) is 4.46. The minimum atomic E-state index is 0.179. The van der Waals surface area contributed by atoms with Gasteiger partial charge in [-0.15, -0.1) is 11.3 Å². The van der Waals surface area contributed by atoms with Crippen LogP contribution in [0, 0.1) is 0 Å². The minimum absolute atomic E-state index is 0.179. The second kappa shape index (κ2) is 7.10. The molecule has 0 aliphatic carbocycles. The third-order valence-corrected chi connectivity index (χ3v) is 7.12. The van der Waals surface area contributed by atoms with Crippen molar-refractivity contribution in [1.82, 2.24) is 9.80 Å². The monoisotopic (exact) mass is 376 g/mol. The number of carbonyl (C=O) groups excluding carboxylic acids is 1. The second-order valence-corrected chi connectivity index (χ2v) is 8.68. The fourth-order valence-electron chi connectivity index (χ4n) is 4.52. The summed E-state index contributed by atoms with van der Waals surface area (Å²) in [7, 11) is 0. The predicted octanol–water partition coefficient (Wildman–Crippen LogP) is 4.56. The van der Waals surface area contributed by atoms with Crippen molar-refractivity contribution in [1.29, 1.82) is 0 Å². The van der Waals surface area contributed by atoms with E-state index in [1.54, 1.807) is 4.88 Å².